The number of hydrogen-bond acceptors (Lipinski definition) is 2. The third-order valence-electron chi connectivity index (χ3n) is 1.22. The van der Waals surface area contributed by atoms with Gasteiger partial charge in [0.2, 0.25) is 0 Å². The fourth-order valence-corrected chi connectivity index (χ4v) is 0.502. The zero-order chi connectivity index (χ0) is 8.32. The SMILES string of the molecule is C.C[N+](C)(C)CNOCC1=C=C1. The van der Waals surface area contributed by atoms with Crippen molar-refractivity contribution in [3.05, 3.63) is 17.4 Å². The molecule has 3 heteroatoms. The number of quaternary nitrogens is 1. The van der Waals surface area contributed by atoms with E-state index < -0.39 is 0 Å². The summed E-state index contributed by atoms with van der Waals surface area (Å²) in [6.07, 6.45) is 1.92. The first-order valence-corrected chi connectivity index (χ1v) is 3.69. The third-order valence-corrected chi connectivity index (χ3v) is 1.22. The molecule has 1 rings (SSSR count). The first-order valence-electron chi connectivity index (χ1n) is 3.69. The second-order valence-corrected chi connectivity index (χ2v) is 3.70. The summed E-state index contributed by atoms with van der Waals surface area (Å²) < 4.78 is 0.854. The molecule has 1 N–H and O–H groups in total. The highest BCUT2D eigenvalue weighted by molar-refractivity contribution is 5.31. The Kier molecular flexibility index (Phi) is 4.21. The lowest BCUT2D eigenvalue weighted by Crippen LogP contribution is -2.42. The number of rotatable bonds is 5. The van der Waals surface area contributed by atoms with Crippen molar-refractivity contribution in [1.82, 2.24) is 5.48 Å². The van der Waals surface area contributed by atoms with Crippen LogP contribution in [-0.4, -0.2) is 38.9 Å². The molecule has 0 unspecified atom stereocenters. The Labute approximate surface area is 74.9 Å². The zero-order valence-corrected chi connectivity index (χ0v) is 7.35. The summed E-state index contributed by atoms with van der Waals surface area (Å²) in [4.78, 5) is 5.14. The highest BCUT2D eigenvalue weighted by Crippen LogP contribution is 2.04. The molecule has 0 aromatic heterocycles. The fraction of sp³-hybridized carbons (Fsp3) is 0.667. The Hall–Kier alpha value is -0.600. The summed E-state index contributed by atoms with van der Waals surface area (Å²) >= 11 is 0. The van der Waals surface area contributed by atoms with Gasteiger partial charge in [-0.1, -0.05) is 7.43 Å². The Morgan fingerprint density at radius 3 is 2.50 bits per heavy atom. The van der Waals surface area contributed by atoms with Gasteiger partial charge in [0.15, 0.2) is 6.67 Å². The molecular formula is C9H19N2O+. The van der Waals surface area contributed by atoms with Crippen LogP contribution in [0.3, 0.4) is 0 Å². The zero-order valence-electron chi connectivity index (χ0n) is 7.35. The van der Waals surface area contributed by atoms with Gasteiger partial charge in [0.25, 0.3) is 0 Å². The largest absolute Gasteiger partial charge is 0.317 e. The van der Waals surface area contributed by atoms with Crippen molar-refractivity contribution in [1.29, 1.82) is 0 Å². The Bertz CT molecular complexity index is 197. The predicted molar refractivity (Wildman–Crippen MR) is 50.3 cm³/mol. The molecule has 70 valence electrons. The first kappa shape index (κ1) is 11.4. The van der Waals surface area contributed by atoms with Gasteiger partial charge in [0.05, 0.1) is 21.1 Å². The van der Waals surface area contributed by atoms with E-state index in [1.54, 1.807) is 0 Å². The minimum Gasteiger partial charge on any atom is -0.317 e. The molecule has 0 bridgehead atoms. The van der Waals surface area contributed by atoms with E-state index in [0.717, 1.165) is 16.7 Å². The predicted octanol–water partition coefficient (Wildman–Crippen LogP) is 0.902. The first-order chi connectivity index (χ1) is 5.08. The number of nitrogens with zero attached hydrogens (tertiary/aromatic N) is 1. The van der Waals surface area contributed by atoms with Gasteiger partial charge < -0.3 is 4.48 Å². The molecule has 0 fully saturated rings. The lowest BCUT2D eigenvalue weighted by molar-refractivity contribution is -0.876. The molecule has 0 radical (unpaired) electrons. The lowest BCUT2D eigenvalue weighted by atomic mass is 10.5. The van der Waals surface area contributed by atoms with Crippen LogP contribution in [0.2, 0.25) is 0 Å². The van der Waals surface area contributed by atoms with Crippen LogP contribution in [0.4, 0.5) is 0 Å². The summed E-state index contributed by atoms with van der Waals surface area (Å²) in [5.41, 5.74) is 6.99. The lowest BCUT2D eigenvalue weighted by Gasteiger charge is -2.23. The van der Waals surface area contributed by atoms with E-state index in [4.69, 9.17) is 4.84 Å². The Morgan fingerprint density at radius 1 is 1.50 bits per heavy atom. The van der Waals surface area contributed by atoms with Crippen molar-refractivity contribution in [2.24, 2.45) is 0 Å². The highest BCUT2D eigenvalue weighted by Gasteiger charge is 2.06. The molecule has 0 saturated heterocycles. The monoisotopic (exact) mass is 171 g/mol. The number of hydrogen-bond donors (Lipinski definition) is 1. The van der Waals surface area contributed by atoms with Crippen LogP contribution >= 0.6 is 0 Å². The minimum absolute atomic E-state index is 0. The summed E-state index contributed by atoms with van der Waals surface area (Å²) in [6, 6.07) is 0. The fourth-order valence-electron chi connectivity index (χ4n) is 0.502. The van der Waals surface area contributed by atoms with Gasteiger partial charge in [-0.2, -0.15) is 5.48 Å². The molecule has 0 spiro atoms. The maximum atomic E-state index is 5.14. The summed E-state index contributed by atoms with van der Waals surface area (Å²) in [5, 5.41) is 0. The molecule has 0 aromatic rings. The normalized spacial score (nSPS) is 13.8. The van der Waals surface area contributed by atoms with Crippen molar-refractivity contribution < 1.29 is 9.32 Å². The summed E-state index contributed by atoms with van der Waals surface area (Å²) in [6.45, 7) is 1.45. The molecule has 0 heterocycles. The van der Waals surface area contributed by atoms with Gasteiger partial charge in [-0.3, -0.25) is 4.84 Å². The molecule has 0 aromatic carbocycles. The van der Waals surface area contributed by atoms with Crippen LogP contribution in [0.15, 0.2) is 17.4 Å². The van der Waals surface area contributed by atoms with Crippen LogP contribution in [0.25, 0.3) is 0 Å². The van der Waals surface area contributed by atoms with Crippen molar-refractivity contribution in [3.8, 4) is 0 Å². The average Bonchev–Trinajstić information content (AvgIpc) is 2.60. The van der Waals surface area contributed by atoms with Crippen molar-refractivity contribution in [2.75, 3.05) is 34.4 Å². The molecule has 12 heavy (non-hydrogen) atoms. The van der Waals surface area contributed by atoms with Gasteiger partial charge in [0.1, 0.15) is 6.61 Å². The van der Waals surface area contributed by atoms with E-state index >= 15 is 0 Å². The van der Waals surface area contributed by atoms with E-state index in [-0.39, 0.29) is 7.43 Å². The van der Waals surface area contributed by atoms with E-state index in [1.165, 1.54) is 0 Å². The molecular weight excluding hydrogens is 152 g/mol. The van der Waals surface area contributed by atoms with Crippen LogP contribution in [0, 0.1) is 0 Å². The average molecular weight is 171 g/mol. The summed E-state index contributed by atoms with van der Waals surface area (Å²) in [5.74, 6) is 0. The number of nitrogens with one attached hydrogen (secondary N) is 1. The molecule has 0 atom stereocenters. The highest BCUT2D eigenvalue weighted by atomic mass is 16.6. The molecule has 0 amide bonds. The molecule has 0 aliphatic heterocycles. The van der Waals surface area contributed by atoms with Gasteiger partial charge >= 0.3 is 0 Å². The van der Waals surface area contributed by atoms with Gasteiger partial charge in [-0.05, 0) is 6.08 Å². The Morgan fingerprint density at radius 2 is 2.08 bits per heavy atom. The molecule has 1 aliphatic carbocycles. The van der Waals surface area contributed by atoms with E-state index in [1.807, 2.05) is 6.08 Å². The van der Waals surface area contributed by atoms with Gasteiger partial charge in [-0.15, -0.1) is 5.73 Å². The minimum atomic E-state index is 0. The van der Waals surface area contributed by atoms with Crippen LogP contribution in [0.5, 0.6) is 0 Å². The van der Waals surface area contributed by atoms with Crippen LogP contribution < -0.4 is 5.48 Å². The second kappa shape index (κ2) is 4.43. The van der Waals surface area contributed by atoms with Crippen molar-refractivity contribution >= 4 is 0 Å². The van der Waals surface area contributed by atoms with Gasteiger partial charge in [0, 0.05) is 5.57 Å². The maximum Gasteiger partial charge on any atom is 0.154 e. The van der Waals surface area contributed by atoms with Crippen molar-refractivity contribution in [3.63, 3.8) is 0 Å². The quantitative estimate of drug-likeness (QED) is 0.218. The van der Waals surface area contributed by atoms with Gasteiger partial charge in [-0.25, -0.2) is 0 Å². The standard InChI is InChI=1S/C8H15N2O.CH4/c1-10(2,3)7-9-11-6-8-4-5-8;/h4,9H,6-7H2,1-3H3;1H4/q+1;. The van der Waals surface area contributed by atoms with Crippen LogP contribution in [-0.2, 0) is 4.84 Å². The van der Waals surface area contributed by atoms with E-state index in [0.29, 0.717) is 6.61 Å². The summed E-state index contributed by atoms with van der Waals surface area (Å²) in [7, 11) is 6.31. The van der Waals surface area contributed by atoms with E-state index in [2.05, 4.69) is 32.4 Å². The third kappa shape index (κ3) is 6.13. The molecule has 1 aliphatic rings. The smallest absolute Gasteiger partial charge is 0.154 e. The maximum absolute atomic E-state index is 5.14. The molecule has 0 saturated carbocycles. The second-order valence-electron chi connectivity index (χ2n) is 3.70. The molecule has 3 nitrogen and oxygen atoms in total. The number of hydroxylamine groups is 1. The van der Waals surface area contributed by atoms with E-state index in [9.17, 15) is 0 Å². The van der Waals surface area contributed by atoms with Crippen molar-refractivity contribution in [2.45, 2.75) is 7.43 Å². The topological polar surface area (TPSA) is 21.3 Å². The van der Waals surface area contributed by atoms with Crippen LogP contribution in [0.1, 0.15) is 7.43 Å². The Balaban J connectivity index is 0.00000121.